The monoisotopic (exact) mass is 431 g/mol. The fraction of sp³-hybridized carbons (Fsp3) is 0.208. The number of carbonyl (C=O) groups excluding carboxylic acids is 3. The van der Waals surface area contributed by atoms with Crippen LogP contribution in [0.3, 0.4) is 0 Å². The number of benzene rings is 2. The summed E-state index contributed by atoms with van der Waals surface area (Å²) in [5, 5.41) is 8.12. The van der Waals surface area contributed by atoms with Gasteiger partial charge in [-0.1, -0.05) is 49.0 Å². The van der Waals surface area contributed by atoms with Crippen molar-refractivity contribution in [3.8, 4) is 11.1 Å². The number of primary amides is 1. The van der Waals surface area contributed by atoms with Crippen LogP contribution >= 0.6 is 0 Å². The normalized spacial score (nSPS) is 20.5. The summed E-state index contributed by atoms with van der Waals surface area (Å²) >= 11 is 0. The Bertz CT molecular complexity index is 1140. The second-order valence-electron chi connectivity index (χ2n) is 8.06. The van der Waals surface area contributed by atoms with Crippen molar-refractivity contribution in [2.45, 2.75) is 31.2 Å². The van der Waals surface area contributed by atoms with Crippen molar-refractivity contribution in [1.82, 2.24) is 16.0 Å². The summed E-state index contributed by atoms with van der Waals surface area (Å²) in [5.41, 5.74) is 14.5. The van der Waals surface area contributed by atoms with E-state index in [2.05, 4.69) is 34.7 Å². The Labute approximate surface area is 185 Å². The molecule has 2 aromatic rings. The highest BCUT2D eigenvalue weighted by Gasteiger charge is 2.30. The van der Waals surface area contributed by atoms with E-state index in [1.807, 2.05) is 24.3 Å². The van der Waals surface area contributed by atoms with Crippen LogP contribution in [0.4, 0.5) is 0 Å². The minimum atomic E-state index is -0.541. The summed E-state index contributed by atoms with van der Waals surface area (Å²) in [4.78, 5) is 36.1. The van der Waals surface area contributed by atoms with E-state index in [4.69, 9.17) is 11.5 Å². The molecule has 0 aromatic heterocycles. The maximum atomic E-state index is 12.6. The standard InChI is InChI=1S/C24H25N5O3/c1-13-27-21(20(25)23(31)28-13)24(32)29-17-11-10-16(12-17)14-6-8-15(9-7-14)18-4-2-3-5-19(18)22(26)30/h2-9,16-17,27H,1,10-12,25H2,(H2,26,30)(H,28,31)(H,29,32)/t16-,17+/m1/s1. The Morgan fingerprint density at radius 2 is 1.75 bits per heavy atom. The first-order valence-corrected chi connectivity index (χ1v) is 10.4. The first-order valence-electron chi connectivity index (χ1n) is 10.4. The largest absolute Gasteiger partial charge is 0.392 e. The summed E-state index contributed by atoms with van der Waals surface area (Å²) in [6, 6.07) is 15.3. The molecule has 32 heavy (non-hydrogen) atoms. The molecule has 0 unspecified atom stereocenters. The zero-order valence-corrected chi connectivity index (χ0v) is 17.5. The summed E-state index contributed by atoms with van der Waals surface area (Å²) in [6.45, 7) is 3.62. The van der Waals surface area contributed by atoms with Crippen LogP contribution in [0.2, 0.25) is 0 Å². The predicted octanol–water partition coefficient (Wildman–Crippen LogP) is 1.57. The van der Waals surface area contributed by atoms with Crippen molar-refractivity contribution in [2.24, 2.45) is 11.5 Å². The molecule has 0 radical (unpaired) electrons. The molecule has 8 nitrogen and oxygen atoms in total. The number of nitrogens with two attached hydrogens (primary N) is 2. The van der Waals surface area contributed by atoms with Crippen LogP contribution < -0.4 is 27.4 Å². The van der Waals surface area contributed by atoms with Crippen LogP contribution in [0.25, 0.3) is 11.1 Å². The lowest BCUT2D eigenvalue weighted by Crippen LogP contribution is -2.47. The molecule has 1 aliphatic carbocycles. The molecule has 1 aliphatic heterocycles. The molecule has 0 bridgehead atoms. The maximum Gasteiger partial charge on any atom is 0.274 e. The molecule has 3 amide bonds. The van der Waals surface area contributed by atoms with Gasteiger partial charge in [0.2, 0.25) is 5.91 Å². The van der Waals surface area contributed by atoms with E-state index in [0.717, 1.165) is 30.4 Å². The minimum Gasteiger partial charge on any atom is -0.392 e. The Balaban J connectivity index is 1.42. The molecule has 1 heterocycles. The van der Waals surface area contributed by atoms with E-state index in [0.29, 0.717) is 11.5 Å². The van der Waals surface area contributed by atoms with Crippen molar-refractivity contribution in [3.63, 3.8) is 0 Å². The number of nitrogens with one attached hydrogen (secondary N) is 3. The van der Waals surface area contributed by atoms with Gasteiger partial charge < -0.3 is 27.4 Å². The van der Waals surface area contributed by atoms with Gasteiger partial charge in [-0.3, -0.25) is 14.4 Å². The lowest BCUT2D eigenvalue weighted by atomic mass is 9.93. The van der Waals surface area contributed by atoms with Crippen LogP contribution in [-0.4, -0.2) is 23.8 Å². The quantitative estimate of drug-likeness (QED) is 0.489. The Morgan fingerprint density at radius 3 is 2.47 bits per heavy atom. The van der Waals surface area contributed by atoms with Gasteiger partial charge in [0.25, 0.3) is 11.8 Å². The van der Waals surface area contributed by atoms with Gasteiger partial charge in [-0.05, 0) is 47.9 Å². The third-order valence-corrected chi connectivity index (χ3v) is 5.93. The molecule has 1 fully saturated rings. The lowest BCUT2D eigenvalue weighted by molar-refractivity contribution is -0.121. The van der Waals surface area contributed by atoms with E-state index in [1.54, 1.807) is 12.1 Å². The van der Waals surface area contributed by atoms with Crippen molar-refractivity contribution >= 4 is 17.7 Å². The van der Waals surface area contributed by atoms with Crippen molar-refractivity contribution < 1.29 is 14.4 Å². The molecule has 1 saturated carbocycles. The van der Waals surface area contributed by atoms with Crippen LogP contribution in [0.5, 0.6) is 0 Å². The van der Waals surface area contributed by atoms with Crippen LogP contribution in [0.1, 0.15) is 41.1 Å². The molecule has 2 atom stereocenters. The molecule has 2 aliphatic rings. The van der Waals surface area contributed by atoms with E-state index < -0.39 is 17.7 Å². The smallest absolute Gasteiger partial charge is 0.274 e. The van der Waals surface area contributed by atoms with Crippen molar-refractivity contribution in [1.29, 1.82) is 0 Å². The van der Waals surface area contributed by atoms with E-state index >= 15 is 0 Å². The number of carbonyl (C=O) groups is 3. The van der Waals surface area contributed by atoms with Gasteiger partial charge in [0.15, 0.2) is 0 Å². The first kappa shape index (κ1) is 21.2. The summed E-state index contributed by atoms with van der Waals surface area (Å²) in [6.07, 6.45) is 2.53. The number of rotatable bonds is 5. The van der Waals surface area contributed by atoms with Crippen molar-refractivity contribution in [2.75, 3.05) is 0 Å². The van der Waals surface area contributed by atoms with E-state index in [9.17, 15) is 14.4 Å². The topological polar surface area (TPSA) is 139 Å². The zero-order valence-electron chi connectivity index (χ0n) is 17.5. The molecule has 4 rings (SSSR count). The highest BCUT2D eigenvalue weighted by Crippen LogP contribution is 2.35. The highest BCUT2D eigenvalue weighted by molar-refractivity contribution is 6.06. The third-order valence-electron chi connectivity index (χ3n) is 5.93. The maximum absolute atomic E-state index is 12.6. The van der Waals surface area contributed by atoms with Gasteiger partial charge in [-0.25, -0.2) is 0 Å². The second kappa shape index (κ2) is 8.58. The van der Waals surface area contributed by atoms with Gasteiger partial charge in [-0.2, -0.15) is 0 Å². The second-order valence-corrected chi connectivity index (χ2v) is 8.06. The van der Waals surface area contributed by atoms with Crippen LogP contribution in [-0.2, 0) is 9.59 Å². The number of hydrogen-bond donors (Lipinski definition) is 5. The average Bonchev–Trinajstić information content (AvgIpc) is 3.24. The number of hydrogen-bond acceptors (Lipinski definition) is 5. The van der Waals surface area contributed by atoms with Crippen molar-refractivity contribution in [3.05, 3.63) is 83.5 Å². The first-order chi connectivity index (χ1) is 15.3. The predicted molar refractivity (Wildman–Crippen MR) is 121 cm³/mol. The summed E-state index contributed by atoms with van der Waals surface area (Å²) in [5.74, 6) is -0.895. The molecule has 7 N–H and O–H groups in total. The zero-order chi connectivity index (χ0) is 22.8. The van der Waals surface area contributed by atoms with Gasteiger partial charge in [0.05, 0.1) is 0 Å². The SMILES string of the molecule is C=C1NC(=O)C(N)=C(C(=O)N[C@H]2CC[C@@H](c3ccc(-c4ccccc4C(N)=O)cc3)C2)N1. The van der Waals surface area contributed by atoms with Crippen LogP contribution in [0.15, 0.2) is 72.3 Å². The molecular formula is C24H25N5O3. The fourth-order valence-corrected chi connectivity index (χ4v) is 4.30. The minimum absolute atomic E-state index is 0.0249. The van der Waals surface area contributed by atoms with Gasteiger partial charge in [0, 0.05) is 11.6 Å². The van der Waals surface area contributed by atoms with Crippen LogP contribution in [0, 0.1) is 0 Å². The Kier molecular flexibility index (Phi) is 5.68. The summed E-state index contributed by atoms with van der Waals surface area (Å²) in [7, 11) is 0. The molecule has 0 spiro atoms. The van der Waals surface area contributed by atoms with Gasteiger partial charge >= 0.3 is 0 Å². The van der Waals surface area contributed by atoms with Gasteiger partial charge in [-0.15, -0.1) is 0 Å². The fourth-order valence-electron chi connectivity index (χ4n) is 4.30. The molecule has 164 valence electrons. The summed E-state index contributed by atoms with van der Waals surface area (Å²) < 4.78 is 0. The average molecular weight is 431 g/mol. The molecule has 0 saturated heterocycles. The lowest BCUT2D eigenvalue weighted by Gasteiger charge is -2.22. The molecule has 2 aromatic carbocycles. The van der Waals surface area contributed by atoms with E-state index in [-0.39, 0.29) is 23.3 Å². The van der Waals surface area contributed by atoms with Gasteiger partial charge in [0.1, 0.15) is 17.2 Å². The number of amides is 3. The molecule has 8 heteroatoms. The highest BCUT2D eigenvalue weighted by atomic mass is 16.2. The molecular weight excluding hydrogens is 406 g/mol. The Hall–Kier alpha value is -4.07. The third kappa shape index (κ3) is 4.20. The van der Waals surface area contributed by atoms with E-state index in [1.165, 1.54) is 5.56 Å². The Morgan fingerprint density at radius 1 is 1.03 bits per heavy atom.